The zero-order valence-corrected chi connectivity index (χ0v) is 15.0. The van der Waals surface area contributed by atoms with Crippen LogP contribution < -0.4 is 14.8 Å². The zero-order valence-electron chi connectivity index (χ0n) is 14.3. The lowest BCUT2D eigenvalue weighted by atomic mass is 10.1. The number of benzene rings is 2. The molecule has 2 aromatic carbocycles. The van der Waals surface area contributed by atoms with Crippen molar-refractivity contribution in [1.82, 2.24) is 10.2 Å². The largest absolute Gasteiger partial charge is 0.486 e. The molecule has 1 heterocycles. The molecule has 1 N–H and O–H groups in total. The molecule has 0 spiro atoms. The highest BCUT2D eigenvalue weighted by molar-refractivity contribution is 6.31. The number of nitrogens with one attached hydrogen (secondary N) is 1. The predicted octanol–water partition coefficient (Wildman–Crippen LogP) is 4.01. The van der Waals surface area contributed by atoms with Gasteiger partial charge in [-0.15, -0.1) is 0 Å². The molecule has 6 heteroatoms. The normalized spacial score (nSPS) is 13.9. The van der Waals surface area contributed by atoms with Crippen molar-refractivity contribution in [3.8, 4) is 11.5 Å². The Morgan fingerprint density at radius 2 is 1.92 bits per heavy atom. The van der Waals surface area contributed by atoms with Gasteiger partial charge >= 0.3 is 6.03 Å². The van der Waals surface area contributed by atoms with Crippen LogP contribution in [0, 0.1) is 0 Å². The number of amides is 2. The number of hydrogen-bond acceptors (Lipinski definition) is 3. The van der Waals surface area contributed by atoms with Crippen molar-refractivity contribution in [2.45, 2.75) is 19.5 Å². The van der Waals surface area contributed by atoms with Crippen LogP contribution in [-0.4, -0.2) is 31.2 Å². The third-order valence-corrected chi connectivity index (χ3v) is 4.43. The van der Waals surface area contributed by atoms with Crippen LogP contribution in [0.3, 0.4) is 0 Å². The molecule has 0 fully saturated rings. The van der Waals surface area contributed by atoms with Crippen LogP contribution in [-0.2, 0) is 6.54 Å². The van der Waals surface area contributed by atoms with E-state index in [9.17, 15) is 4.79 Å². The number of halogens is 1. The standard InChI is InChI=1S/C19H21ClN2O3/c1-13(15-5-3-4-6-16(15)20)21-19(23)22(2)12-14-7-8-17-18(11-14)25-10-9-24-17/h3-8,11,13H,9-10,12H2,1-2H3,(H,21,23). The molecule has 1 aliphatic rings. The van der Waals surface area contributed by atoms with Crippen molar-refractivity contribution in [2.24, 2.45) is 0 Å². The molecule has 1 atom stereocenters. The molecule has 0 aliphatic carbocycles. The van der Waals surface area contributed by atoms with E-state index in [-0.39, 0.29) is 12.1 Å². The van der Waals surface area contributed by atoms with Gasteiger partial charge in [0.1, 0.15) is 13.2 Å². The first kappa shape index (κ1) is 17.4. The summed E-state index contributed by atoms with van der Waals surface area (Å²) in [6, 6.07) is 12.9. The fourth-order valence-corrected chi connectivity index (χ4v) is 3.03. The quantitative estimate of drug-likeness (QED) is 0.896. The third-order valence-electron chi connectivity index (χ3n) is 4.08. The molecule has 0 saturated heterocycles. The van der Waals surface area contributed by atoms with Gasteiger partial charge in [0.05, 0.1) is 6.04 Å². The lowest BCUT2D eigenvalue weighted by Crippen LogP contribution is -2.38. The minimum atomic E-state index is -0.177. The summed E-state index contributed by atoms with van der Waals surface area (Å²) in [6.07, 6.45) is 0. The van der Waals surface area contributed by atoms with Crippen molar-refractivity contribution < 1.29 is 14.3 Å². The van der Waals surface area contributed by atoms with E-state index in [1.165, 1.54) is 0 Å². The van der Waals surface area contributed by atoms with E-state index in [1.807, 2.05) is 49.4 Å². The van der Waals surface area contributed by atoms with E-state index >= 15 is 0 Å². The number of fused-ring (bicyclic) bond motifs is 1. The Labute approximate surface area is 152 Å². The third kappa shape index (κ3) is 4.17. The molecule has 0 aromatic heterocycles. The van der Waals surface area contributed by atoms with Crippen molar-refractivity contribution in [3.63, 3.8) is 0 Å². The molecule has 132 valence electrons. The van der Waals surface area contributed by atoms with E-state index in [4.69, 9.17) is 21.1 Å². The van der Waals surface area contributed by atoms with E-state index in [1.54, 1.807) is 11.9 Å². The minimum absolute atomic E-state index is 0.165. The first-order valence-corrected chi connectivity index (χ1v) is 8.57. The molecule has 1 aliphatic heterocycles. The van der Waals surface area contributed by atoms with E-state index in [2.05, 4.69) is 5.32 Å². The Bertz CT molecular complexity index is 766. The molecular weight excluding hydrogens is 340 g/mol. The lowest BCUT2D eigenvalue weighted by molar-refractivity contribution is 0.171. The van der Waals surface area contributed by atoms with Crippen LogP contribution in [0.1, 0.15) is 24.1 Å². The Kier molecular flexibility index (Phi) is 5.34. The topological polar surface area (TPSA) is 50.8 Å². The molecule has 2 aromatic rings. The smallest absolute Gasteiger partial charge is 0.317 e. The average molecular weight is 361 g/mol. The molecule has 25 heavy (non-hydrogen) atoms. The van der Waals surface area contributed by atoms with Gasteiger partial charge in [-0.1, -0.05) is 35.9 Å². The van der Waals surface area contributed by atoms with Gasteiger partial charge in [0, 0.05) is 18.6 Å². The van der Waals surface area contributed by atoms with E-state index < -0.39 is 0 Å². The Balaban J connectivity index is 1.62. The molecule has 3 rings (SSSR count). The summed E-state index contributed by atoms with van der Waals surface area (Å²) in [4.78, 5) is 14.1. The molecule has 1 unspecified atom stereocenters. The predicted molar refractivity (Wildman–Crippen MR) is 97.3 cm³/mol. The SMILES string of the molecule is CC(NC(=O)N(C)Cc1ccc2c(c1)OCCO2)c1ccccc1Cl. The number of ether oxygens (including phenoxy) is 2. The zero-order chi connectivity index (χ0) is 17.8. The van der Waals surface area contributed by atoms with Gasteiger partial charge in [-0.25, -0.2) is 4.79 Å². The first-order chi connectivity index (χ1) is 12.0. The lowest BCUT2D eigenvalue weighted by Gasteiger charge is -2.23. The van der Waals surface area contributed by atoms with Gasteiger partial charge in [0.15, 0.2) is 11.5 Å². The second kappa shape index (κ2) is 7.66. The number of nitrogens with zero attached hydrogens (tertiary/aromatic N) is 1. The monoisotopic (exact) mass is 360 g/mol. The van der Waals surface area contributed by atoms with Crippen molar-refractivity contribution in [1.29, 1.82) is 0 Å². The number of hydrogen-bond donors (Lipinski definition) is 1. The summed E-state index contributed by atoms with van der Waals surface area (Å²) in [5.74, 6) is 1.47. The van der Waals surface area contributed by atoms with Gasteiger partial charge in [0.2, 0.25) is 0 Å². The van der Waals surface area contributed by atoms with Crippen LogP contribution in [0.5, 0.6) is 11.5 Å². The highest BCUT2D eigenvalue weighted by Gasteiger charge is 2.17. The second-order valence-electron chi connectivity index (χ2n) is 6.03. The number of urea groups is 1. The number of rotatable bonds is 4. The Hall–Kier alpha value is -2.40. The summed E-state index contributed by atoms with van der Waals surface area (Å²) in [6.45, 7) is 3.49. The van der Waals surface area contributed by atoms with Gasteiger partial charge < -0.3 is 19.7 Å². The fourth-order valence-electron chi connectivity index (χ4n) is 2.73. The van der Waals surface area contributed by atoms with Crippen LogP contribution in [0.25, 0.3) is 0 Å². The van der Waals surface area contributed by atoms with Crippen LogP contribution in [0.4, 0.5) is 4.79 Å². The average Bonchev–Trinajstić information content (AvgIpc) is 2.61. The number of carbonyl (C=O) groups excluding carboxylic acids is 1. The van der Waals surface area contributed by atoms with Crippen LogP contribution >= 0.6 is 11.6 Å². The summed E-state index contributed by atoms with van der Waals surface area (Å²) in [5.41, 5.74) is 1.87. The first-order valence-electron chi connectivity index (χ1n) is 8.19. The molecule has 2 amide bonds. The summed E-state index contributed by atoms with van der Waals surface area (Å²) in [5, 5.41) is 3.61. The number of carbonyl (C=O) groups is 1. The maximum atomic E-state index is 12.4. The molecule has 0 radical (unpaired) electrons. The maximum Gasteiger partial charge on any atom is 0.317 e. The Morgan fingerprint density at radius 1 is 1.20 bits per heavy atom. The summed E-state index contributed by atoms with van der Waals surface area (Å²) >= 11 is 6.19. The van der Waals surface area contributed by atoms with E-state index in [0.29, 0.717) is 24.8 Å². The molecular formula is C19H21ClN2O3. The molecule has 0 saturated carbocycles. The summed E-state index contributed by atoms with van der Waals surface area (Å²) in [7, 11) is 1.76. The van der Waals surface area contributed by atoms with Gasteiger partial charge in [-0.2, -0.15) is 0 Å². The van der Waals surface area contributed by atoms with Gasteiger partial charge in [-0.05, 0) is 36.2 Å². The van der Waals surface area contributed by atoms with Gasteiger partial charge in [-0.3, -0.25) is 0 Å². The van der Waals surface area contributed by atoms with Crippen molar-refractivity contribution in [3.05, 3.63) is 58.6 Å². The molecule has 5 nitrogen and oxygen atoms in total. The highest BCUT2D eigenvalue weighted by Crippen LogP contribution is 2.31. The molecule has 0 bridgehead atoms. The van der Waals surface area contributed by atoms with Gasteiger partial charge in [0.25, 0.3) is 0 Å². The van der Waals surface area contributed by atoms with Crippen LogP contribution in [0.2, 0.25) is 5.02 Å². The van der Waals surface area contributed by atoms with Crippen molar-refractivity contribution >= 4 is 17.6 Å². The maximum absolute atomic E-state index is 12.4. The highest BCUT2D eigenvalue weighted by atomic mass is 35.5. The second-order valence-corrected chi connectivity index (χ2v) is 6.43. The van der Waals surface area contributed by atoms with Crippen molar-refractivity contribution in [2.75, 3.05) is 20.3 Å². The van der Waals surface area contributed by atoms with E-state index in [0.717, 1.165) is 22.6 Å². The summed E-state index contributed by atoms with van der Waals surface area (Å²) < 4.78 is 11.1. The fraction of sp³-hybridized carbons (Fsp3) is 0.316. The van der Waals surface area contributed by atoms with Crippen LogP contribution in [0.15, 0.2) is 42.5 Å². The minimum Gasteiger partial charge on any atom is -0.486 e. The Morgan fingerprint density at radius 3 is 2.68 bits per heavy atom.